The van der Waals surface area contributed by atoms with E-state index in [0.717, 1.165) is 18.4 Å². The topological polar surface area (TPSA) is 38.3 Å². The minimum Gasteiger partial charge on any atom is -0.368 e. The fourth-order valence-corrected chi connectivity index (χ4v) is 2.26. The summed E-state index contributed by atoms with van der Waals surface area (Å²) in [4.78, 5) is 11.9. The molecule has 18 heavy (non-hydrogen) atoms. The van der Waals surface area contributed by atoms with Gasteiger partial charge in [0.1, 0.15) is 6.10 Å². The average molecular weight is 288 g/mol. The van der Waals surface area contributed by atoms with Gasteiger partial charge in [-0.3, -0.25) is 4.79 Å². The zero-order chi connectivity index (χ0) is 13.1. The molecule has 1 aromatic rings. The van der Waals surface area contributed by atoms with Crippen molar-refractivity contribution < 1.29 is 9.53 Å². The first-order valence-corrected chi connectivity index (χ1v) is 6.70. The molecule has 0 unspecified atom stereocenters. The normalized spacial score (nSPS) is 20.7. The third-order valence-electron chi connectivity index (χ3n) is 3.02. The van der Waals surface area contributed by atoms with Crippen LogP contribution in [-0.4, -0.2) is 18.6 Å². The molecule has 1 amide bonds. The highest BCUT2D eigenvalue weighted by Crippen LogP contribution is 2.25. The van der Waals surface area contributed by atoms with E-state index in [1.165, 1.54) is 0 Å². The first kappa shape index (κ1) is 13.7. The summed E-state index contributed by atoms with van der Waals surface area (Å²) in [5, 5.41) is 3.92. The third-order valence-corrected chi connectivity index (χ3v) is 3.76. The van der Waals surface area contributed by atoms with Crippen molar-refractivity contribution in [3.63, 3.8) is 0 Å². The Kier molecular flexibility index (Phi) is 4.49. The highest BCUT2D eigenvalue weighted by atomic mass is 35.5. The molecule has 1 aromatic carbocycles. The summed E-state index contributed by atoms with van der Waals surface area (Å²) in [7, 11) is 0. The first-order chi connectivity index (χ1) is 8.58. The minimum atomic E-state index is -0.310. The van der Waals surface area contributed by atoms with E-state index in [1.54, 1.807) is 12.1 Å². The van der Waals surface area contributed by atoms with Gasteiger partial charge in [-0.2, -0.15) is 0 Å². The molecule has 0 bridgehead atoms. The zero-order valence-corrected chi connectivity index (χ0v) is 11.6. The quantitative estimate of drug-likeness (QED) is 0.926. The van der Waals surface area contributed by atoms with Crippen molar-refractivity contribution in [2.75, 3.05) is 6.61 Å². The Hall–Kier alpha value is -0.770. The van der Waals surface area contributed by atoms with E-state index in [9.17, 15) is 4.79 Å². The summed E-state index contributed by atoms with van der Waals surface area (Å²) in [6.45, 7) is 2.58. The predicted molar refractivity (Wildman–Crippen MR) is 72.0 cm³/mol. The van der Waals surface area contributed by atoms with Gasteiger partial charge in [0.05, 0.1) is 16.1 Å². The molecular formula is C13H15Cl2NO2. The SMILES string of the molecule is C[C@@H](NC(=O)[C@@H]1CCCO1)c1ccc(Cl)c(Cl)c1. The number of rotatable bonds is 3. The van der Waals surface area contributed by atoms with Crippen LogP contribution in [-0.2, 0) is 9.53 Å². The van der Waals surface area contributed by atoms with Crippen molar-refractivity contribution in [2.45, 2.75) is 31.9 Å². The molecule has 2 atom stereocenters. The average Bonchev–Trinajstić information content (AvgIpc) is 2.86. The van der Waals surface area contributed by atoms with Crippen molar-refractivity contribution in [1.82, 2.24) is 5.32 Å². The fraction of sp³-hybridized carbons (Fsp3) is 0.462. The summed E-state index contributed by atoms with van der Waals surface area (Å²) in [6.07, 6.45) is 1.43. The van der Waals surface area contributed by atoms with E-state index in [2.05, 4.69) is 5.32 Å². The first-order valence-electron chi connectivity index (χ1n) is 5.95. The molecule has 1 aliphatic rings. The molecule has 1 N–H and O–H groups in total. The molecule has 2 rings (SSSR count). The Balaban J connectivity index is 2.00. The second-order valence-corrected chi connectivity index (χ2v) is 5.22. The Morgan fingerprint density at radius 2 is 2.22 bits per heavy atom. The number of benzene rings is 1. The predicted octanol–water partition coefficient (Wildman–Crippen LogP) is 3.35. The van der Waals surface area contributed by atoms with Crippen molar-refractivity contribution >= 4 is 29.1 Å². The van der Waals surface area contributed by atoms with E-state index in [1.807, 2.05) is 13.0 Å². The minimum absolute atomic E-state index is 0.0638. The van der Waals surface area contributed by atoms with Crippen molar-refractivity contribution in [3.05, 3.63) is 33.8 Å². The maximum Gasteiger partial charge on any atom is 0.249 e. The van der Waals surface area contributed by atoms with E-state index in [4.69, 9.17) is 27.9 Å². The molecule has 1 heterocycles. The smallest absolute Gasteiger partial charge is 0.249 e. The zero-order valence-electron chi connectivity index (χ0n) is 10.1. The summed E-state index contributed by atoms with van der Waals surface area (Å²) in [6, 6.07) is 5.24. The molecule has 98 valence electrons. The summed E-state index contributed by atoms with van der Waals surface area (Å²) >= 11 is 11.8. The van der Waals surface area contributed by atoms with Crippen LogP contribution in [0.5, 0.6) is 0 Å². The van der Waals surface area contributed by atoms with Gasteiger partial charge in [0.2, 0.25) is 5.91 Å². The monoisotopic (exact) mass is 287 g/mol. The van der Waals surface area contributed by atoms with Crippen LogP contribution in [0.3, 0.4) is 0 Å². The van der Waals surface area contributed by atoms with E-state index in [-0.39, 0.29) is 18.1 Å². The molecule has 0 spiro atoms. The largest absolute Gasteiger partial charge is 0.368 e. The van der Waals surface area contributed by atoms with E-state index >= 15 is 0 Å². The Labute approximate surface area is 116 Å². The van der Waals surface area contributed by atoms with Crippen LogP contribution in [0, 0.1) is 0 Å². The lowest BCUT2D eigenvalue weighted by Gasteiger charge is -2.17. The molecule has 0 aromatic heterocycles. The van der Waals surface area contributed by atoms with Gasteiger partial charge in [0.25, 0.3) is 0 Å². The van der Waals surface area contributed by atoms with Crippen molar-refractivity contribution in [2.24, 2.45) is 0 Å². The third kappa shape index (κ3) is 3.16. The van der Waals surface area contributed by atoms with E-state index < -0.39 is 0 Å². The molecule has 1 fully saturated rings. The molecule has 0 aliphatic carbocycles. The van der Waals surface area contributed by atoms with Crippen molar-refractivity contribution in [1.29, 1.82) is 0 Å². The lowest BCUT2D eigenvalue weighted by Crippen LogP contribution is -2.35. The Bertz CT molecular complexity index is 445. The summed E-state index contributed by atoms with van der Waals surface area (Å²) in [5.74, 6) is -0.0638. The van der Waals surface area contributed by atoms with Gasteiger partial charge < -0.3 is 10.1 Å². The van der Waals surface area contributed by atoms with Crippen LogP contribution >= 0.6 is 23.2 Å². The van der Waals surface area contributed by atoms with Gasteiger partial charge in [0.15, 0.2) is 0 Å². The van der Waals surface area contributed by atoms with Gasteiger partial charge in [-0.25, -0.2) is 0 Å². The molecular weight excluding hydrogens is 273 g/mol. The van der Waals surface area contributed by atoms with Crippen LogP contribution in [0.15, 0.2) is 18.2 Å². The Morgan fingerprint density at radius 3 is 2.83 bits per heavy atom. The van der Waals surface area contributed by atoms with Gasteiger partial charge >= 0.3 is 0 Å². The van der Waals surface area contributed by atoms with Gasteiger partial charge in [-0.05, 0) is 37.5 Å². The van der Waals surface area contributed by atoms with Crippen molar-refractivity contribution in [3.8, 4) is 0 Å². The molecule has 1 aliphatic heterocycles. The van der Waals surface area contributed by atoms with Crippen LogP contribution in [0.4, 0.5) is 0 Å². The molecule has 1 saturated heterocycles. The van der Waals surface area contributed by atoms with Gasteiger partial charge in [0, 0.05) is 6.61 Å². The van der Waals surface area contributed by atoms with Crippen LogP contribution in [0.25, 0.3) is 0 Å². The fourth-order valence-electron chi connectivity index (χ4n) is 1.96. The summed E-state index contributed by atoms with van der Waals surface area (Å²) in [5.41, 5.74) is 0.927. The Morgan fingerprint density at radius 1 is 1.44 bits per heavy atom. The number of halogens is 2. The second-order valence-electron chi connectivity index (χ2n) is 4.41. The molecule has 0 radical (unpaired) electrons. The molecule has 3 nitrogen and oxygen atoms in total. The number of carbonyl (C=O) groups excluding carboxylic acids is 1. The van der Waals surface area contributed by atoms with Gasteiger partial charge in [-0.1, -0.05) is 29.3 Å². The van der Waals surface area contributed by atoms with Gasteiger partial charge in [-0.15, -0.1) is 0 Å². The highest BCUT2D eigenvalue weighted by molar-refractivity contribution is 6.42. The number of ether oxygens (including phenoxy) is 1. The number of hydrogen-bond acceptors (Lipinski definition) is 2. The van der Waals surface area contributed by atoms with Crippen LogP contribution < -0.4 is 5.32 Å². The lowest BCUT2D eigenvalue weighted by molar-refractivity contribution is -0.130. The maximum absolute atomic E-state index is 11.9. The number of amides is 1. The van der Waals surface area contributed by atoms with Crippen LogP contribution in [0.1, 0.15) is 31.4 Å². The highest BCUT2D eigenvalue weighted by Gasteiger charge is 2.24. The van der Waals surface area contributed by atoms with E-state index in [0.29, 0.717) is 16.7 Å². The number of carbonyl (C=O) groups is 1. The summed E-state index contributed by atoms with van der Waals surface area (Å²) < 4.78 is 5.34. The number of hydrogen-bond donors (Lipinski definition) is 1. The molecule has 0 saturated carbocycles. The van der Waals surface area contributed by atoms with Crippen LogP contribution in [0.2, 0.25) is 10.0 Å². The molecule has 5 heteroatoms. The standard InChI is InChI=1S/C13H15Cl2NO2/c1-8(9-4-5-10(14)11(15)7-9)16-13(17)12-3-2-6-18-12/h4-5,7-8,12H,2-3,6H2,1H3,(H,16,17)/t8-,12+/m1/s1. The lowest BCUT2D eigenvalue weighted by atomic mass is 10.1. The number of nitrogens with one attached hydrogen (secondary N) is 1. The second kappa shape index (κ2) is 5.91. The maximum atomic E-state index is 11.9.